The average Bonchev–Trinajstić information content (AvgIpc) is 2.89. The van der Waals surface area contributed by atoms with Crippen LogP contribution in [0.4, 0.5) is 9.59 Å². The van der Waals surface area contributed by atoms with Gasteiger partial charge in [-0.05, 0) is 116 Å². The fourth-order valence-electron chi connectivity index (χ4n) is 5.54. The molecule has 0 bridgehead atoms. The Morgan fingerprint density at radius 1 is 0.550 bits per heavy atom. The van der Waals surface area contributed by atoms with E-state index in [0.717, 1.165) is 51.4 Å². The number of rotatable bonds is 4. The second-order valence-electron chi connectivity index (χ2n) is 13.2. The van der Waals surface area contributed by atoms with Gasteiger partial charge in [0.15, 0.2) is 0 Å². The molecule has 0 unspecified atom stereocenters. The van der Waals surface area contributed by atoms with E-state index in [4.69, 9.17) is 9.47 Å². The summed E-state index contributed by atoms with van der Waals surface area (Å²) in [6, 6.07) is 21.8. The second-order valence-corrected chi connectivity index (χ2v) is 13.2. The Bertz CT molecular complexity index is 942. The highest BCUT2D eigenvalue weighted by Gasteiger charge is 2.26. The zero-order valence-electron chi connectivity index (χ0n) is 25.4. The lowest BCUT2D eigenvalue weighted by Gasteiger charge is -2.30. The van der Waals surface area contributed by atoms with Crippen LogP contribution >= 0.6 is 0 Å². The van der Waals surface area contributed by atoms with E-state index in [2.05, 4.69) is 71.3 Å². The molecule has 0 radical (unpaired) electrons. The first-order valence-corrected chi connectivity index (χ1v) is 15.0. The normalized spacial score (nSPS) is 23.1. The number of benzene rings is 2. The van der Waals surface area contributed by atoms with E-state index in [-0.39, 0.29) is 24.3 Å². The lowest BCUT2D eigenvalue weighted by molar-refractivity contribution is 0.0479. The third kappa shape index (κ3) is 11.6. The van der Waals surface area contributed by atoms with Crippen LogP contribution in [0.2, 0.25) is 0 Å². The van der Waals surface area contributed by atoms with Gasteiger partial charge >= 0.3 is 12.2 Å². The Hall–Kier alpha value is -3.02. The van der Waals surface area contributed by atoms with Crippen LogP contribution < -0.4 is 10.6 Å². The van der Waals surface area contributed by atoms with E-state index >= 15 is 0 Å². The zero-order valence-corrected chi connectivity index (χ0v) is 25.4. The van der Waals surface area contributed by atoms with E-state index in [1.54, 1.807) is 0 Å². The topological polar surface area (TPSA) is 76.7 Å². The van der Waals surface area contributed by atoms with Gasteiger partial charge in [0.1, 0.15) is 11.2 Å². The van der Waals surface area contributed by atoms with Crippen molar-refractivity contribution in [2.24, 2.45) is 0 Å². The molecule has 2 aromatic carbocycles. The third-order valence-electron chi connectivity index (χ3n) is 7.44. The highest BCUT2D eigenvalue weighted by molar-refractivity contribution is 5.68. The van der Waals surface area contributed by atoms with Crippen LogP contribution in [0.1, 0.15) is 116 Å². The van der Waals surface area contributed by atoms with Crippen LogP contribution in [-0.4, -0.2) is 35.5 Å². The fourth-order valence-corrected chi connectivity index (χ4v) is 5.54. The molecule has 2 fully saturated rings. The molecule has 2 aliphatic rings. The van der Waals surface area contributed by atoms with Crippen molar-refractivity contribution in [3.05, 3.63) is 71.8 Å². The summed E-state index contributed by atoms with van der Waals surface area (Å²) in [5.74, 6) is 1.26. The van der Waals surface area contributed by atoms with Crippen LogP contribution in [0.3, 0.4) is 0 Å². The van der Waals surface area contributed by atoms with Crippen molar-refractivity contribution >= 4 is 12.2 Å². The maximum atomic E-state index is 11.7. The predicted octanol–water partition coefficient (Wildman–Crippen LogP) is 8.48. The quantitative estimate of drug-likeness (QED) is 0.400. The van der Waals surface area contributed by atoms with Crippen molar-refractivity contribution in [1.29, 1.82) is 0 Å². The Morgan fingerprint density at radius 3 is 1.12 bits per heavy atom. The smallest absolute Gasteiger partial charge is 0.407 e. The van der Waals surface area contributed by atoms with Crippen LogP contribution in [0.5, 0.6) is 0 Å². The molecule has 0 saturated heterocycles. The molecule has 0 aromatic heterocycles. The summed E-state index contributed by atoms with van der Waals surface area (Å²) in [7, 11) is 0. The molecule has 2 N–H and O–H groups in total. The Labute approximate surface area is 241 Å². The molecule has 2 saturated carbocycles. The number of carbonyl (C=O) groups excluding carboxylic acids is 2. The van der Waals surface area contributed by atoms with E-state index in [9.17, 15) is 9.59 Å². The van der Waals surface area contributed by atoms with Crippen molar-refractivity contribution < 1.29 is 19.1 Å². The number of hydrogen-bond donors (Lipinski definition) is 2. The molecular weight excluding hydrogens is 500 g/mol. The summed E-state index contributed by atoms with van der Waals surface area (Å²) in [6.45, 7) is 11.3. The maximum absolute atomic E-state index is 11.7. The predicted molar refractivity (Wildman–Crippen MR) is 162 cm³/mol. The molecule has 2 aliphatic carbocycles. The number of carbonyl (C=O) groups is 2. The molecule has 0 aliphatic heterocycles. The van der Waals surface area contributed by atoms with Crippen LogP contribution in [0.15, 0.2) is 60.7 Å². The SMILES string of the molecule is CC(C)(C)OC(=O)NC1CCC(c2ccccc2)CC1.CC(C)(C)OC(=O)NC1CCC(c2ccccc2)CC1. The minimum Gasteiger partial charge on any atom is -0.444 e. The van der Waals surface area contributed by atoms with E-state index in [1.165, 1.54) is 11.1 Å². The van der Waals surface area contributed by atoms with Gasteiger partial charge in [-0.25, -0.2) is 9.59 Å². The number of ether oxygens (including phenoxy) is 2. The van der Waals surface area contributed by atoms with Crippen LogP contribution in [0.25, 0.3) is 0 Å². The van der Waals surface area contributed by atoms with Gasteiger partial charge in [-0.3, -0.25) is 0 Å². The number of amides is 2. The Balaban J connectivity index is 0.000000220. The van der Waals surface area contributed by atoms with Gasteiger partial charge in [-0.1, -0.05) is 60.7 Å². The van der Waals surface area contributed by atoms with Gasteiger partial charge in [-0.2, -0.15) is 0 Å². The van der Waals surface area contributed by atoms with Crippen molar-refractivity contribution in [2.75, 3.05) is 0 Å². The van der Waals surface area contributed by atoms with Crippen molar-refractivity contribution in [2.45, 2.75) is 128 Å². The van der Waals surface area contributed by atoms with Crippen molar-refractivity contribution in [3.63, 3.8) is 0 Å². The number of nitrogens with one attached hydrogen (secondary N) is 2. The summed E-state index contributed by atoms with van der Waals surface area (Å²) in [5.41, 5.74) is 1.99. The molecule has 2 aromatic rings. The fraction of sp³-hybridized carbons (Fsp3) is 0.588. The third-order valence-corrected chi connectivity index (χ3v) is 7.44. The van der Waals surface area contributed by atoms with Gasteiger partial charge in [-0.15, -0.1) is 0 Å². The zero-order chi connectivity index (χ0) is 29.2. The molecule has 6 heteroatoms. The molecule has 0 spiro atoms. The highest BCUT2D eigenvalue weighted by atomic mass is 16.6. The van der Waals surface area contributed by atoms with Crippen molar-refractivity contribution in [3.8, 4) is 0 Å². The lowest BCUT2D eigenvalue weighted by Crippen LogP contribution is -2.40. The summed E-state index contributed by atoms with van der Waals surface area (Å²) in [5, 5.41) is 5.97. The summed E-state index contributed by atoms with van der Waals surface area (Å²) in [4.78, 5) is 23.5. The molecule has 2 amide bonds. The standard InChI is InChI=1S/2C17H25NO2/c2*1-17(2,3)20-16(19)18-15-11-9-14(10-12-15)13-7-5-4-6-8-13/h2*4-8,14-15H,9-12H2,1-3H3,(H,18,19). The molecule has 6 nitrogen and oxygen atoms in total. The van der Waals surface area contributed by atoms with Gasteiger partial charge in [0.05, 0.1) is 0 Å². The molecule has 0 heterocycles. The summed E-state index contributed by atoms with van der Waals surface area (Å²) in [6.07, 6.45) is 8.04. The summed E-state index contributed by atoms with van der Waals surface area (Å²) < 4.78 is 10.6. The molecule has 4 rings (SSSR count). The Kier molecular flexibility index (Phi) is 11.5. The minimum absolute atomic E-state index is 0.254. The number of hydrogen-bond acceptors (Lipinski definition) is 4. The minimum atomic E-state index is -0.425. The Morgan fingerprint density at radius 2 is 0.850 bits per heavy atom. The van der Waals surface area contributed by atoms with E-state index < -0.39 is 11.2 Å². The second kappa shape index (κ2) is 14.6. The van der Waals surface area contributed by atoms with Gasteiger partial charge in [0, 0.05) is 12.1 Å². The lowest BCUT2D eigenvalue weighted by atomic mass is 9.82. The van der Waals surface area contributed by atoms with Crippen LogP contribution in [-0.2, 0) is 9.47 Å². The van der Waals surface area contributed by atoms with Gasteiger partial charge in [0.25, 0.3) is 0 Å². The first-order valence-electron chi connectivity index (χ1n) is 15.0. The van der Waals surface area contributed by atoms with Gasteiger partial charge < -0.3 is 20.1 Å². The largest absolute Gasteiger partial charge is 0.444 e. The summed E-state index contributed by atoms with van der Waals surface area (Å²) >= 11 is 0. The molecule has 220 valence electrons. The highest BCUT2D eigenvalue weighted by Crippen LogP contribution is 2.33. The van der Waals surface area contributed by atoms with E-state index in [0.29, 0.717) is 11.8 Å². The van der Waals surface area contributed by atoms with Crippen LogP contribution in [0, 0.1) is 0 Å². The first-order chi connectivity index (χ1) is 18.9. The molecular formula is C34H50N2O4. The molecule has 40 heavy (non-hydrogen) atoms. The number of alkyl carbamates (subject to hydrolysis) is 2. The molecule has 0 atom stereocenters. The van der Waals surface area contributed by atoms with Gasteiger partial charge in [0.2, 0.25) is 0 Å². The average molecular weight is 551 g/mol. The van der Waals surface area contributed by atoms with Crippen molar-refractivity contribution in [1.82, 2.24) is 10.6 Å². The first kappa shape index (κ1) is 31.5. The monoisotopic (exact) mass is 550 g/mol. The maximum Gasteiger partial charge on any atom is 0.407 e. The van der Waals surface area contributed by atoms with E-state index in [1.807, 2.05) is 41.5 Å².